The Bertz CT molecular complexity index is 2090. The van der Waals surface area contributed by atoms with E-state index in [9.17, 15) is 14.4 Å². The van der Waals surface area contributed by atoms with Gasteiger partial charge in [-0.15, -0.1) is 20.2 Å². The molecule has 0 bridgehead atoms. The Hall–Kier alpha value is -5.21. The molecule has 1 aliphatic rings. The van der Waals surface area contributed by atoms with Gasteiger partial charge in [-0.3, -0.25) is 19.6 Å². The minimum atomic E-state index is -3.05. The molecule has 11 nitrogen and oxygen atoms in total. The lowest BCUT2D eigenvalue weighted by Gasteiger charge is -2.39. The summed E-state index contributed by atoms with van der Waals surface area (Å²) in [6, 6.07) is 13.3. The van der Waals surface area contributed by atoms with E-state index in [1.165, 1.54) is 25.4 Å². The number of benzene rings is 2. The number of halogens is 2. The Morgan fingerprint density at radius 3 is 2.45 bits per heavy atom. The monoisotopic (exact) mass is 617 g/mol. The SMILES string of the molecule is CNCC1=C(c2ccc(C(N)=O)c3ncccc23)S(Cc2c(F)cccc2F)(c2ccc(OC)nn2)c2[nH]c(=O)[nH]c(=O)c21. The van der Waals surface area contributed by atoms with Gasteiger partial charge in [-0.1, -0.05) is 18.2 Å². The summed E-state index contributed by atoms with van der Waals surface area (Å²) in [5, 5.41) is 12.6. The van der Waals surface area contributed by atoms with Crippen molar-refractivity contribution in [3.05, 3.63) is 116 Å². The molecule has 1 amide bonds. The average Bonchev–Trinajstić information content (AvgIpc) is 3.28. The Kier molecular flexibility index (Phi) is 7.31. The molecule has 1 aliphatic heterocycles. The Balaban J connectivity index is 1.84. The van der Waals surface area contributed by atoms with E-state index in [2.05, 4.69) is 30.5 Å². The second-order valence-electron chi connectivity index (χ2n) is 9.87. The number of likely N-dealkylation sites (N-methyl/N-ethyl adjacent to an activating group) is 1. The smallest absolute Gasteiger partial charge is 0.326 e. The van der Waals surface area contributed by atoms with Crippen LogP contribution < -0.4 is 27.0 Å². The highest BCUT2D eigenvalue weighted by atomic mass is 32.3. The largest absolute Gasteiger partial charge is 0.480 e. The minimum Gasteiger partial charge on any atom is -0.480 e. The molecule has 44 heavy (non-hydrogen) atoms. The summed E-state index contributed by atoms with van der Waals surface area (Å²) in [7, 11) is 0.0490. The fourth-order valence-electron chi connectivity index (χ4n) is 5.61. The van der Waals surface area contributed by atoms with Gasteiger partial charge in [0.05, 0.1) is 28.8 Å². The molecule has 1 unspecified atom stereocenters. The molecule has 2 aromatic carbocycles. The Morgan fingerprint density at radius 1 is 1.02 bits per heavy atom. The van der Waals surface area contributed by atoms with Crippen LogP contribution in [0.15, 0.2) is 80.4 Å². The maximum absolute atomic E-state index is 15.5. The lowest BCUT2D eigenvalue weighted by molar-refractivity contribution is 0.100. The molecule has 5 N–H and O–H groups in total. The third-order valence-electron chi connectivity index (χ3n) is 7.42. The van der Waals surface area contributed by atoms with Crippen LogP contribution in [0.4, 0.5) is 8.78 Å². The number of carbonyl (C=O) groups is 1. The fraction of sp³-hybridized carbons (Fsp3) is 0.133. The third kappa shape index (κ3) is 4.46. The first kappa shape index (κ1) is 28.9. The molecule has 224 valence electrons. The van der Waals surface area contributed by atoms with Crippen LogP contribution in [0.5, 0.6) is 5.88 Å². The third-order valence-corrected chi connectivity index (χ3v) is 11.2. The quantitative estimate of drug-likeness (QED) is 0.192. The van der Waals surface area contributed by atoms with Gasteiger partial charge < -0.3 is 20.8 Å². The number of fused-ring (bicyclic) bond motifs is 2. The fourth-order valence-corrected chi connectivity index (χ4v) is 9.84. The molecule has 6 rings (SSSR count). The van der Waals surface area contributed by atoms with Gasteiger partial charge in [-0.05, 0) is 48.5 Å². The van der Waals surface area contributed by atoms with Gasteiger partial charge in [0, 0.05) is 40.4 Å². The zero-order valence-electron chi connectivity index (χ0n) is 23.4. The summed E-state index contributed by atoms with van der Waals surface area (Å²) < 4.78 is 36.2. The first-order valence-corrected chi connectivity index (χ1v) is 15.1. The number of pyridine rings is 1. The van der Waals surface area contributed by atoms with Gasteiger partial charge in [0.2, 0.25) is 5.88 Å². The molecule has 1 atom stereocenters. The number of nitrogens with zero attached hydrogens (tertiary/aromatic N) is 3. The number of nitrogens with two attached hydrogens (primary N) is 1. The minimum absolute atomic E-state index is 0.120. The van der Waals surface area contributed by atoms with E-state index >= 15 is 8.78 Å². The number of rotatable bonds is 8. The van der Waals surface area contributed by atoms with Crippen molar-refractivity contribution < 1.29 is 18.3 Å². The van der Waals surface area contributed by atoms with E-state index in [4.69, 9.17) is 10.5 Å². The molecule has 0 spiro atoms. The Morgan fingerprint density at radius 2 is 1.80 bits per heavy atom. The first-order valence-electron chi connectivity index (χ1n) is 13.3. The summed E-state index contributed by atoms with van der Waals surface area (Å²) >= 11 is 0. The molecule has 4 heterocycles. The molecule has 0 radical (unpaired) electrons. The summed E-state index contributed by atoms with van der Waals surface area (Å²) in [6.07, 6.45) is 1.51. The van der Waals surface area contributed by atoms with Crippen LogP contribution in [-0.2, 0) is 5.75 Å². The van der Waals surface area contributed by atoms with Crippen molar-refractivity contribution in [3.63, 3.8) is 0 Å². The molecule has 14 heteroatoms. The number of ether oxygens (including phenoxy) is 1. The number of H-pyrrole nitrogens is 2. The number of hydrogen-bond donors (Lipinski definition) is 4. The predicted molar refractivity (Wildman–Crippen MR) is 161 cm³/mol. The van der Waals surface area contributed by atoms with E-state index in [1.54, 1.807) is 37.4 Å². The van der Waals surface area contributed by atoms with Gasteiger partial charge in [-0.2, -0.15) is 0 Å². The molecular formula is C30H25F2N7O4S. The number of aromatic nitrogens is 5. The van der Waals surface area contributed by atoms with Gasteiger partial charge >= 0.3 is 5.69 Å². The van der Waals surface area contributed by atoms with Crippen molar-refractivity contribution in [2.45, 2.75) is 15.8 Å². The molecule has 5 aromatic rings. The molecule has 0 saturated heterocycles. The summed E-state index contributed by atoms with van der Waals surface area (Å²) in [6.45, 7) is 0.120. The van der Waals surface area contributed by atoms with Crippen LogP contribution in [0.3, 0.4) is 0 Å². The zero-order chi connectivity index (χ0) is 31.2. The normalized spacial score (nSPS) is 17.4. The number of primary amides is 1. The second-order valence-corrected chi connectivity index (χ2v) is 12.9. The van der Waals surface area contributed by atoms with Crippen molar-refractivity contribution in [1.82, 2.24) is 30.5 Å². The number of carbonyl (C=O) groups excluding carboxylic acids is 1. The standard InChI is InChI=1S/C30H25F2N7O4S/c1-34-13-18-24-28(41)36-30(42)37-29(24)44(23-11-10-22(43-2)38-39-23,14-19-20(31)6-3-7-21(19)32)26(18)16-8-9-17(27(33)40)25-15(16)5-4-12-35-25/h3-12,34H,13-14H2,1-2H3,(H2,33,40)(H2,36,37,41,42). The van der Waals surface area contributed by atoms with Gasteiger partial charge in [0.1, 0.15) is 16.7 Å². The molecular weight excluding hydrogens is 592 g/mol. The van der Waals surface area contributed by atoms with Crippen LogP contribution in [0, 0.1) is 11.6 Å². The predicted octanol–water partition coefficient (Wildman–Crippen LogP) is 3.31. The van der Waals surface area contributed by atoms with E-state index in [1.807, 2.05) is 0 Å². The van der Waals surface area contributed by atoms with Crippen LogP contribution in [0.1, 0.15) is 27.0 Å². The van der Waals surface area contributed by atoms with E-state index in [0.717, 1.165) is 12.1 Å². The number of aromatic amines is 2. The van der Waals surface area contributed by atoms with Crippen LogP contribution in [-0.4, -0.2) is 51.8 Å². The lowest BCUT2D eigenvalue weighted by atomic mass is 9.99. The number of hydrogen-bond acceptors (Lipinski definition) is 8. The molecule has 0 aliphatic carbocycles. The maximum atomic E-state index is 15.5. The van der Waals surface area contributed by atoms with Gasteiger partial charge in [0.25, 0.3) is 11.5 Å². The van der Waals surface area contributed by atoms with E-state index < -0.39 is 38.8 Å². The van der Waals surface area contributed by atoms with Crippen LogP contribution in [0.2, 0.25) is 0 Å². The summed E-state index contributed by atoms with van der Waals surface area (Å²) in [5.41, 5.74) is 5.46. The van der Waals surface area contributed by atoms with Crippen molar-refractivity contribution in [2.24, 2.45) is 5.73 Å². The van der Waals surface area contributed by atoms with Crippen LogP contribution in [0.25, 0.3) is 21.4 Å². The molecule has 0 fully saturated rings. The number of methoxy groups -OCH3 is 1. The van der Waals surface area contributed by atoms with Gasteiger partial charge in [-0.25, -0.2) is 13.6 Å². The molecule has 0 saturated carbocycles. The van der Waals surface area contributed by atoms with Crippen LogP contribution >= 0.6 is 10.0 Å². The lowest BCUT2D eigenvalue weighted by Crippen LogP contribution is -2.28. The highest BCUT2D eigenvalue weighted by Gasteiger charge is 2.48. The second kappa shape index (κ2) is 11.1. The zero-order valence-corrected chi connectivity index (χ0v) is 24.2. The maximum Gasteiger partial charge on any atom is 0.326 e. The summed E-state index contributed by atoms with van der Waals surface area (Å²) in [5.74, 6) is -2.48. The molecule has 3 aromatic heterocycles. The topological polar surface area (TPSA) is 169 Å². The average molecular weight is 618 g/mol. The van der Waals surface area contributed by atoms with Crippen molar-refractivity contribution in [1.29, 1.82) is 0 Å². The van der Waals surface area contributed by atoms with E-state index in [-0.39, 0.29) is 44.9 Å². The van der Waals surface area contributed by atoms with Gasteiger partial charge in [0.15, 0.2) is 0 Å². The van der Waals surface area contributed by atoms with Crippen molar-refractivity contribution in [3.8, 4) is 5.88 Å². The number of amides is 1. The number of nitrogens with one attached hydrogen (secondary N) is 3. The summed E-state index contributed by atoms with van der Waals surface area (Å²) in [4.78, 5) is 48.9. The van der Waals surface area contributed by atoms with Crippen molar-refractivity contribution >= 4 is 37.3 Å². The highest BCUT2D eigenvalue weighted by molar-refractivity contribution is 8.40. The first-order chi connectivity index (χ1) is 21.2. The Labute approximate surface area is 249 Å². The highest BCUT2D eigenvalue weighted by Crippen LogP contribution is 2.77. The van der Waals surface area contributed by atoms with E-state index in [0.29, 0.717) is 26.9 Å². The van der Waals surface area contributed by atoms with Crippen molar-refractivity contribution in [2.75, 3.05) is 20.7 Å².